The van der Waals surface area contributed by atoms with Crippen LogP contribution >= 0.6 is 11.6 Å². The molecule has 0 bridgehead atoms. The minimum Gasteiger partial charge on any atom is -0.486 e. The first-order chi connectivity index (χ1) is 10.1. The van der Waals surface area contributed by atoms with Crippen LogP contribution < -0.4 is 20.5 Å². The zero-order valence-electron chi connectivity index (χ0n) is 11.7. The van der Waals surface area contributed by atoms with Crippen molar-refractivity contribution >= 4 is 23.0 Å². The largest absolute Gasteiger partial charge is 0.486 e. The van der Waals surface area contributed by atoms with E-state index in [9.17, 15) is 0 Å². The maximum Gasteiger partial charge on any atom is 0.163 e. The average molecular weight is 305 g/mol. The van der Waals surface area contributed by atoms with Crippen LogP contribution in [0.4, 0.5) is 11.4 Å². The lowest BCUT2D eigenvalue weighted by Gasteiger charge is -2.23. The summed E-state index contributed by atoms with van der Waals surface area (Å²) < 4.78 is 11.1. The third-order valence-corrected chi connectivity index (χ3v) is 3.80. The minimum absolute atomic E-state index is 0.0311. The Labute approximate surface area is 128 Å². The van der Waals surface area contributed by atoms with Crippen molar-refractivity contribution in [2.75, 3.05) is 24.3 Å². The first-order valence-electron chi connectivity index (χ1n) is 6.85. The van der Waals surface area contributed by atoms with Gasteiger partial charge in [0, 0.05) is 17.2 Å². The summed E-state index contributed by atoms with van der Waals surface area (Å²) in [7, 11) is 0. The van der Waals surface area contributed by atoms with Crippen molar-refractivity contribution in [1.29, 1.82) is 0 Å². The number of nitrogens with one attached hydrogen (secondary N) is 1. The summed E-state index contributed by atoms with van der Waals surface area (Å²) >= 11 is 6.22. The summed E-state index contributed by atoms with van der Waals surface area (Å²) in [5.41, 5.74) is 8.53. The van der Waals surface area contributed by atoms with E-state index in [0.29, 0.717) is 30.4 Å². The van der Waals surface area contributed by atoms with E-state index in [1.54, 1.807) is 6.07 Å². The topological polar surface area (TPSA) is 56.5 Å². The number of rotatable bonds is 3. The highest BCUT2D eigenvalue weighted by Gasteiger charge is 2.16. The fourth-order valence-corrected chi connectivity index (χ4v) is 2.67. The van der Waals surface area contributed by atoms with Crippen molar-refractivity contribution < 1.29 is 9.47 Å². The second kappa shape index (κ2) is 5.74. The number of hydrogen-bond acceptors (Lipinski definition) is 4. The Morgan fingerprint density at radius 2 is 1.81 bits per heavy atom. The molecular weight excluding hydrogens is 288 g/mol. The van der Waals surface area contributed by atoms with Crippen LogP contribution in [-0.4, -0.2) is 13.2 Å². The van der Waals surface area contributed by atoms with Gasteiger partial charge in [-0.15, -0.1) is 0 Å². The maximum atomic E-state index is 6.22. The molecule has 3 rings (SSSR count). The van der Waals surface area contributed by atoms with Gasteiger partial charge in [-0.1, -0.05) is 29.8 Å². The number of nitrogen functional groups attached to an aromatic ring is 1. The van der Waals surface area contributed by atoms with Crippen molar-refractivity contribution in [2.45, 2.75) is 13.0 Å². The average Bonchev–Trinajstić information content (AvgIpc) is 2.48. The fraction of sp³-hybridized carbons (Fsp3) is 0.250. The van der Waals surface area contributed by atoms with Gasteiger partial charge in [-0.2, -0.15) is 0 Å². The summed E-state index contributed by atoms with van der Waals surface area (Å²) in [4.78, 5) is 0. The van der Waals surface area contributed by atoms with E-state index in [-0.39, 0.29) is 6.04 Å². The van der Waals surface area contributed by atoms with Gasteiger partial charge in [-0.25, -0.2) is 0 Å². The molecule has 1 aliphatic rings. The molecule has 0 saturated carbocycles. The Kier molecular flexibility index (Phi) is 3.80. The monoisotopic (exact) mass is 304 g/mol. The lowest BCUT2D eigenvalue weighted by atomic mass is 10.1. The van der Waals surface area contributed by atoms with Gasteiger partial charge in [-0.05, 0) is 18.6 Å². The Morgan fingerprint density at radius 3 is 2.52 bits per heavy atom. The molecule has 0 amide bonds. The van der Waals surface area contributed by atoms with Gasteiger partial charge in [-0.3, -0.25) is 0 Å². The van der Waals surface area contributed by atoms with E-state index in [1.807, 2.05) is 37.3 Å². The second-order valence-corrected chi connectivity index (χ2v) is 5.38. The molecule has 4 nitrogen and oxygen atoms in total. The lowest BCUT2D eigenvalue weighted by molar-refractivity contribution is 0.172. The number of nitrogens with two attached hydrogens (primary N) is 1. The number of benzene rings is 2. The quantitative estimate of drug-likeness (QED) is 0.845. The van der Waals surface area contributed by atoms with Crippen molar-refractivity contribution in [1.82, 2.24) is 0 Å². The Morgan fingerprint density at radius 1 is 1.14 bits per heavy atom. The zero-order chi connectivity index (χ0) is 14.8. The molecule has 1 aliphatic heterocycles. The molecule has 0 aromatic heterocycles. The summed E-state index contributed by atoms with van der Waals surface area (Å²) in [6.45, 7) is 3.14. The van der Waals surface area contributed by atoms with Crippen LogP contribution in [0.3, 0.4) is 0 Å². The molecule has 2 aromatic rings. The van der Waals surface area contributed by atoms with Gasteiger partial charge < -0.3 is 20.5 Å². The van der Waals surface area contributed by atoms with Gasteiger partial charge >= 0.3 is 0 Å². The Bertz CT molecular complexity index is 661. The van der Waals surface area contributed by atoms with Crippen molar-refractivity contribution in [3.05, 3.63) is 47.0 Å². The van der Waals surface area contributed by atoms with Crippen LogP contribution in [0.1, 0.15) is 18.5 Å². The van der Waals surface area contributed by atoms with E-state index < -0.39 is 0 Å². The van der Waals surface area contributed by atoms with E-state index >= 15 is 0 Å². The standard InChI is InChI=1S/C16H17ClN2O2/c1-10(11-4-2-3-5-12(11)17)19-14-9-16-15(8-13(14)18)20-6-7-21-16/h2-5,8-10,19H,6-7,18H2,1H3. The highest BCUT2D eigenvalue weighted by atomic mass is 35.5. The van der Waals surface area contributed by atoms with Crippen LogP contribution in [0.25, 0.3) is 0 Å². The molecule has 0 spiro atoms. The SMILES string of the molecule is CC(Nc1cc2c(cc1N)OCCO2)c1ccccc1Cl. The maximum absolute atomic E-state index is 6.22. The third-order valence-electron chi connectivity index (χ3n) is 3.46. The second-order valence-electron chi connectivity index (χ2n) is 4.97. The smallest absolute Gasteiger partial charge is 0.163 e. The summed E-state index contributed by atoms with van der Waals surface area (Å²) in [5, 5.41) is 4.10. The molecule has 5 heteroatoms. The zero-order valence-corrected chi connectivity index (χ0v) is 12.5. The third kappa shape index (κ3) is 2.85. The molecule has 21 heavy (non-hydrogen) atoms. The predicted molar refractivity (Wildman–Crippen MR) is 85.3 cm³/mol. The van der Waals surface area contributed by atoms with Crippen molar-refractivity contribution in [2.24, 2.45) is 0 Å². The van der Waals surface area contributed by atoms with Crippen LogP contribution in [-0.2, 0) is 0 Å². The van der Waals surface area contributed by atoms with Gasteiger partial charge in [0.25, 0.3) is 0 Å². The highest BCUT2D eigenvalue weighted by molar-refractivity contribution is 6.31. The molecule has 0 radical (unpaired) electrons. The normalized spacial score (nSPS) is 14.6. The van der Waals surface area contributed by atoms with E-state index in [2.05, 4.69) is 5.32 Å². The Balaban J connectivity index is 1.86. The molecule has 1 heterocycles. The van der Waals surface area contributed by atoms with Crippen molar-refractivity contribution in [3.63, 3.8) is 0 Å². The molecule has 110 valence electrons. The molecular formula is C16H17ClN2O2. The predicted octanol–water partition coefficient (Wildman–Crippen LogP) is 3.87. The van der Waals surface area contributed by atoms with Gasteiger partial charge in [0.15, 0.2) is 11.5 Å². The van der Waals surface area contributed by atoms with E-state index in [1.165, 1.54) is 0 Å². The van der Waals surface area contributed by atoms with Crippen LogP contribution in [0.2, 0.25) is 5.02 Å². The fourth-order valence-electron chi connectivity index (χ4n) is 2.37. The van der Waals surface area contributed by atoms with Crippen molar-refractivity contribution in [3.8, 4) is 11.5 Å². The summed E-state index contributed by atoms with van der Waals surface area (Å²) in [6, 6.07) is 11.4. The molecule has 3 N–H and O–H groups in total. The Hall–Kier alpha value is -2.07. The summed E-state index contributed by atoms with van der Waals surface area (Å²) in [6.07, 6.45) is 0. The van der Waals surface area contributed by atoms with Gasteiger partial charge in [0.1, 0.15) is 13.2 Å². The van der Waals surface area contributed by atoms with Crippen LogP contribution in [0.15, 0.2) is 36.4 Å². The lowest BCUT2D eigenvalue weighted by Crippen LogP contribution is -2.16. The van der Waals surface area contributed by atoms with Gasteiger partial charge in [0.2, 0.25) is 0 Å². The number of fused-ring (bicyclic) bond motifs is 1. The van der Waals surface area contributed by atoms with Crippen LogP contribution in [0.5, 0.6) is 11.5 Å². The summed E-state index contributed by atoms with van der Waals surface area (Å²) in [5.74, 6) is 1.40. The molecule has 0 fully saturated rings. The van der Waals surface area contributed by atoms with Crippen LogP contribution in [0, 0.1) is 0 Å². The number of halogens is 1. The van der Waals surface area contributed by atoms with Gasteiger partial charge in [0.05, 0.1) is 17.4 Å². The first-order valence-corrected chi connectivity index (χ1v) is 7.23. The van der Waals surface area contributed by atoms with E-state index in [0.717, 1.165) is 16.3 Å². The number of ether oxygens (including phenoxy) is 2. The first kappa shape index (κ1) is 13.9. The molecule has 0 aliphatic carbocycles. The molecule has 1 unspecified atom stereocenters. The molecule has 1 atom stereocenters. The molecule has 2 aromatic carbocycles. The molecule has 0 saturated heterocycles. The highest BCUT2D eigenvalue weighted by Crippen LogP contribution is 2.38. The van der Waals surface area contributed by atoms with E-state index in [4.69, 9.17) is 26.8 Å². The number of anilines is 2. The minimum atomic E-state index is 0.0311. The number of hydrogen-bond donors (Lipinski definition) is 2.